The number of hydrogen-bond donors (Lipinski definition) is 2. The first-order valence-electron chi connectivity index (χ1n) is 7.30. The lowest BCUT2D eigenvalue weighted by molar-refractivity contribution is -0.142. The van der Waals surface area contributed by atoms with Crippen LogP contribution in [0.5, 0.6) is 0 Å². The molecule has 0 radical (unpaired) electrons. The van der Waals surface area contributed by atoms with Gasteiger partial charge in [-0.25, -0.2) is 4.79 Å². The van der Waals surface area contributed by atoms with Crippen LogP contribution in [0.4, 0.5) is 10.5 Å². The van der Waals surface area contributed by atoms with Gasteiger partial charge in [0.2, 0.25) is 0 Å². The molecular formula is C16H22N2O3. The first-order chi connectivity index (χ1) is 10.0. The Morgan fingerprint density at radius 3 is 2.71 bits per heavy atom. The van der Waals surface area contributed by atoms with Crippen LogP contribution in [0.3, 0.4) is 0 Å². The third-order valence-corrected chi connectivity index (χ3v) is 4.27. The van der Waals surface area contributed by atoms with Gasteiger partial charge in [-0.3, -0.25) is 9.69 Å². The van der Waals surface area contributed by atoms with Crippen molar-refractivity contribution in [1.82, 2.24) is 5.32 Å². The predicted octanol–water partition coefficient (Wildman–Crippen LogP) is 2.64. The highest BCUT2D eigenvalue weighted by Crippen LogP contribution is 2.31. The summed E-state index contributed by atoms with van der Waals surface area (Å²) in [5, 5.41) is 12.0. The van der Waals surface area contributed by atoms with Gasteiger partial charge in [0.15, 0.2) is 0 Å². The van der Waals surface area contributed by atoms with Crippen LogP contribution >= 0.6 is 0 Å². The van der Waals surface area contributed by atoms with Gasteiger partial charge in [0.05, 0.1) is 5.92 Å². The van der Waals surface area contributed by atoms with Gasteiger partial charge in [0.1, 0.15) is 0 Å². The highest BCUT2D eigenvalue weighted by molar-refractivity contribution is 5.92. The average Bonchev–Trinajstić information content (AvgIpc) is 2.93. The fourth-order valence-electron chi connectivity index (χ4n) is 2.99. The van der Waals surface area contributed by atoms with Gasteiger partial charge in [0, 0.05) is 19.3 Å². The van der Waals surface area contributed by atoms with Crippen molar-refractivity contribution in [1.29, 1.82) is 0 Å². The maximum absolute atomic E-state index is 12.2. The number of carboxylic acids is 1. The first-order valence-corrected chi connectivity index (χ1v) is 7.30. The quantitative estimate of drug-likeness (QED) is 0.895. The maximum Gasteiger partial charge on any atom is 0.321 e. The molecule has 0 aliphatic heterocycles. The lowest BCUT2D eigenvalue weighted by Gasteiger charge is -2.22. The van der Waals surface area contributed by atoms with E-state index in [-0.39, 0.29) is 17.9 Å². The molecule has 5 heteroatoms. The zero-order valence-electron chi connectivity index (χ0n) is 12.5. The van der Waals surface area contributed by atoms with Gasteiger partial charge in [-0.1, -0.05) is 24.6 Å². The summed E-state index contributed by atoms with van der Waals surface area (Å²) in [7, 11) is 1.72. The van der Waals surface area contributed by atoms with Gasteiger partial charge in [-0.2, -0.15) is 0 Å². The van der Waals surface area contributed by atoms with Gasteiger partial charge in [-0.15, -0.1) is 0 Å². The molecule has 1 aliphatic carbocycles. The molecule has 0 saturated heterocycles. The van der Waals surface area contributed by atoms with E-state index in [0.29, 0.717) is 13.0 Å². The Morgan fingerprint density at radius 1 is 1.33 bits per heavy atom. The minimum Gasteiger partial charge on any atom is -0.481 e. The van der Waals surface area contributed by atoms with Gasteiger partial charge in [0.25, 0.3) is 0 Å². The van der Waals surface area contributed by atoms with Crippen LogP contribution in [0.2, 0.25) is 0 Å². The van der Waals surface area contributed by atoms with Crippen molar-refractivity contribution in [3.8, 4) is 0 Å². The number of para-hydroxylation sites is 1. The standard InChI is InChI=1S/C16H22N2O3/c1-11-6-3-4-9-14(11)18(2)16(21)17-10-12-7-5-8-13(12)15(19)20/h3-4,6,9,12-13H,5,7-8,10H2,1-2H3,(H,17,21)(H,19,20). The molecule has 5 nitrogen and oxygen atoms in total. The van der Waals surface area contributed by atoms with E-state index in [4.69, 9.17) is 5.11 Å². The monoisotopic (exact) mass is 290 g/mol. The largest absolute Gasteiger partial charge is 0.481 e. The Balaban J connectivity index is 1.93. The molecule has 0 spiro atoms. The molecule has 2 amide bonds. The Bertz CT molecular complexity index is 530. The maximum atomic E-state index is 12.2. The summed E-state index contributed by atoms with van der Waals surface area (Å²) >= 11 is 0. The Labute approximate surface area is 125 Å². The van der Waals surface area contributed by atoms with Crippen LogP contribution in [-0.4, -0.2) is 30.7 Å². The molecule has 1 saturated carbocycles. The average molecular weight is 290 g/mol. The minimum atomic E-state index is -0.751. The van der Waals surface area contributed by atoms with Crippen molar-refractivity contribution in [2.45, 2.75) is 26.2 Å². The SMILES string of the molecule is Cc1ccccc1N(C)C(=O)NCC1CCCC1C(=O)O. The fraction of sp³-hybridized carbons (Fsp3) is 0.500. The van der Waals surface area contributed by atoms with E-state index in [1.54, 1.807) is 11.9 Å². The zero-order chi connectivity index (χ0) is 15.4. The number of carboxylic acid groups (broad SMARTS) is 1. The number of carbonyl (C=O) groups is 2. The van der Waals surface area contributed by atoms with Gasteiger partial charge < -0.3 is 10.4 Å². The highest BCUT2D eigenvalue weighted by atomic mass is 16.4. The summed E-state index contributed by atoms with van der Waals surface area (Å²) in [5.41, 5.74) is 1.88. The lowest BCUT2D eigenvalue weighted by atomic mass is 9.96. The number of nitrogens with one attached hydrogen (secondary N) is 1. The minimum absolute atomic E-state index is 0.0386. The number of anilines is 1. The topological polar surface area (TPSA) is 69.6 Å². The molecular weight excluding hydrogens is 268 g/mol. The molecule has 0 aromatic heterocycles. The summed E-state index contributed by atoms with van der Waals surface area (Å²) < 4.78 is 0. The van der Waals surface area contributed by atoms with Crippen molar-refractivity contribution < 1.29 is 14.7 Å². The molecule has 2 unspecified atom stereocenters. The molecule has 0 bridgehead atoms. The molecule has 1 fully saturated rings. The number of urea groups is 1. The number of amides is 2. The van der Waals surface area contributed by atoms with E-state index in [1.807, 2.05) is 31.2 Å². The van der Waals surface area contributed by atoms with E-state index >= 15 is 0 Å². The van der Waals surface area contributed by atoms with Crippen LogP contribution < -0.4 is 10.2 Å². The molecule has 21 heavy (non-hydrogen) atoms. The molecule has 1 aromatic carbocycles. The van der Waals surface area contributed by atoms with E-state index in [1.165, 1.54) is 0 Å². The second-order valence-electron chi connectivity index (χ2n) is 5.67. The summed E-state index contributed by atoms with van der Waals surface area (Å²) in [6.07, 6.45) is 2.50. The van der Waals surface area contributed by atoms with Crippen LogP contribution in [-0.2, 0) is 4.79 Å². The van der Waals surface area contributed by atoms with Gasteiger partial charge in [-0.05, 0) is 37.3 Å². The number of aliphatic carboxylic acids is 1. The third kappa shape index (κ3) is 3.54. The van der Waals surface area contributed by atoms with Crippen molar-refractivity contribution in [2.24, 2.45) is 11.8 Å². The number of hydrogen-bond acceptors (Lipinski definition) is 2. The normalized spacial score (nSPS) is 21.0. The van der Waals surface area contributed by atoms with Crippen LogP contribution in [0.25, 0.3) is 0 Å². The lowest BCUT2D eigenvalue weighted by Crippen LogP contribution is -2.41. The first kappa shape index (κ1) is 15.4. The van der Waals surface area contributed by atoms with E-state index < -0.39 is 5.97 Å². The summed E-state index contributed by atoms with van der Waals surface area (Å²) in [4.78, 5) is 24.9. The molecule has 1 aliphatic rings. The third-order valence-electron chi connectivity index (χ3n) is 4.27. The van der Waals surface area contributed by atoms with Crippen molar-refractivity contribution in [2.75, 3.05) is 18.5 Å². The second kappa shape index (κ2) is 6.61. The van der Waals surface area contributed by atoms with E-state index in [0.717, 1.165) is 24.1 Å². The number of rotatable bonds is 4. The predicted molar refractivity (Wildman–Crippen MR) is 81.4 cm³/mol. The molecule has 2 N–H and O–H groups in total. The second-order valence-corrected chi connectivity index (χ2v) is 5.67. The summed E-state index contributed by atoms with van der Waals surface area (Å²) in [6, 6.07) is 7.48. The van der Waals surface area contributed by atoms with Crippen molar-refractivity contribution in [3.05, 3.63) is 29.8 Å². The van der Waals surface area contributed by atoms with Crippen molar-refractivity contribution >= 4 is 17.7 Å². The van der Waals surface area contributed by atoms with E-state index in [2.05, 4.69) is 5.32 Å². The van der Waals surface area contributed by atoms with Crippen LogP contribution in [0.1, 0.15) is 24.8 Å². The molecule has 1 aromatic rings. The Kier molecular flexibility index (Phi) is 4.83. The number of carbonyl (C=O) groups excluding carboxylic acids is 1. The van der Waals surface area contributed by atoms with Crippen molar-refractivity contribution in [3.63, 3.8) is 0 Å². The van der Waals surface area contributed by atoms with Crippen LogP contribution in [0, 0.1) is 18.8 Å². The molecule has 2 atom stereocenters. The Morgan fingerprint density at radius 2 is 2.05 bits per heavy atom. The number of nitrogens with zero attached hydrogens (tertiary/aromatic N) is 1. The zero-order valence-corrected chi connectivity index (χ0v) is 12.5. The Hall–Kier alpha value is -2.04. The summed E-state index contributed by atoms with van der Waals surface area (Å²) in [5.74, 6) is -1.04. The highest BCUT2D eigenvalue weighted by Gasteiger charge is 2.33. The number of aryl methyl sites for hydroxylation is 1. The summed E-state index contributed by atoms with van der Waals surface area (Å²) in [6.45, 7) is 2.38. The van der Waals surface area contributed by atoms with E-state index in [9.17, 15) is 9.59 Å². The molecule has 114 valence electrons. The fourth-order valence-corrected chi connectivity index (χ4v) is 2.99. The molecule has 0 heterocycles. The van der Waals surface area contributed by atoms with Crippen LogP contribution in [0.15, 0.2) is 24.3 Å². The smallest absolute Gasteiger partial charge is 0.321 e. The molecule has 2 rings (SSSR count). The number of benzene rings is 1. The van der Waals surface area contributed by atoms with Gasteiger partial charge >= 0.3 is 12.0 Å².